The zero-order valence-corrected chi connectivity index (χ0v) is 7.19. The highest BCUT2D eigenvalue weighted by atomic mass is 16.1. The average molecular weight is 175 g/mol. The second-order valence-electron chi connectivity index (χ2n) is 2.91. The molecule has 0 saturated carbocycles. The Hall–Kier alpha value is -1.84. The monoisotopic (exact) mass is 175 g/mol. The van der Waals surface area contributed by atoms with Gasteiger partial charge in [0, 0.05) is 18.6 Å². The van der Waals surface area contributed by atoms with E-state index in [1.54, 1.807) is 23.0 Å². The molecule has 1 aromatic carbocycles. The number of fused-ring (bicyclic) bond motifs is 1. The largest absolute Gasteiger partial charge is 0.366 e. The molecule has 2 aromatic rings. The van der Waals surface area contributed by atoms with Gasteiger partial charge >= 0.3 is 0 Å². The number of primary amides is 1. The molecule has 1 amide bonds. The molecular weight excluding hydrogens is 166 g/mol. The van der Waals surface area contributed by atoms with E-state index in [2.05, 4.69) is 5.10 Å². The lowest BCUT2D eigenvalue weighted by Crippen LogP contribution is -2.10. The molecule has 0 aliphatic carbocycles. The third-order valence-corrected chi connectivity index (χ3v) is 1.93. The molecule has 0 fully saturated rings. The molecule has 0 spiro atoms. The van der Waals surface area contributed by atoms with Crippen molar-refractivity contribution in [2.24, 2.45) is 12.8 Å². The molecule has 1 heterocycles. The molecule has 2 rings (SSSR count). The van der Waals surface area contributed by atoms with Gasteiger partial charge in [0.15, 0.2) is 0 Å². The van der Waals surface area contributed by atoms with Gasteiger partial charge in [-0.05, 0) is 12.1 Å². The van der Waals surface area contributed by atoms with Gasteiger partial charge in [0.1, 0.15) is 0 Å². The summed E-state index contributed by atoms with van der Waals surface area (Å²) in [7, 11) is 1.81. The summed E-state index contributed by atoms with van der Waals surface area (Å²) in [5.41, 5.74) is 6.52. The Morgan fingerprint density at radius 2 is 2.31 bits per heavy atom. The van der Waals surface area contributed by atoms with E-state index in [9.17, 15) is 4.79 Å². The Kier molecular flexibility index (Phi) is 1.55. The van der Waals surface area contributed by atoms with Crippen LogP contribution in [0.3, 0.4) is 0 Å². The molecule has 0 aliphatic rings. The molecule has 0 bridgehead atoms. The van der Waals surface area contributed by atoms with Crippen LogP contribution in [0.4, 0.5) is 0 Å². The fourth-order valence-corrected chi connectivity index (χ4v) is 1.38. The predicted molar refractivity (Wildman–Crippen MR) is 49.2 cm³/mol. The van der Waals surface area contributed by atoms with Gasteiger partial charge < -0.3 is 5.73 Å². The number of nitrogens with two attached hydrogens (primary N) is 1. The molecule has 13 heavy (non-hydrogen) atoms. The number of amides is 1. The summed E-state index contributed by atoms with van der Waals surface area (Å²) in [5.74, 6) is -0.418. The minimum absolute atomic E-state index is 0.418. The highest BCUT2D eigenvalue weighted by Crippen LogP contribution is 2.16. The molecule has 0 saturated heterocycles. The SMILES string of the molecule is Cn1cc2c(C(N)=O)cccc2n1. The molecule has 4 heteroatoms. The Bertz CT molecular complexity index is 473. The molecule has 1 aromatic heterocycles. The first-order valence-corrected chi connectivity index (χ1v) is 3.90. The number of aryl methyl sites for hydroxylation is 1. The number of carbonyl (C=O) groups excluding carboxylic acids is 1. The molecule has 0 atom stereocenters. The molecule has 0 unspecified atom stereocenters. The minimum atomic E-state index is -0.418. The van der Waals surface area contributed by atoms with Gasteiger partial charge in [-0.25, -0.2) is 0 Å². The smallest absolute Gasteiger partial charge is 0.249 e. The molecular formula is C9H9N3O. The number of aromatic nitrogens is 2. The summed E-state index contributed by atoms with van der Waals surface area (Å²) < 4.78 is 1.66. The summed E-state index contributed by atoms with van der Waals surface area (Å²) in [6.45, 7) is 0. The first kappa shape index (κ1) is 7.79. The zero-order valence-electron chi connectivity index (χ0n) is 7.19. The van der Waals surface area contributed by atoms with Crippen LogP contribution in [0.1, 0.15) is 10.4 Å². The predicted octanol–water partition coefficient (Wildman–Crippen LogP) is 0.672. The number of hydrogen-bond donors (Lipinski definition) is 1. The highest BCUT2D eigenvalue weighted by Gasteiger charge is 2.07. The van der Waals surface area contributed by atoms with Crippen molar-refractivity contribution in [3.63, 3.8) is 0 Å². The fourth-order valence-electron chi connectivity index (χ4n) is 1.38. The number of carbonyl (C=O) groups is 1. The standard InChI is InChI=1S/C9H9N3O/c1-12-5-7-6(9(10)13)3-2-4-8(7)11-12/h2-5H,1H3,(H2,10,13). The quantitative estimate of drug-likeness (QED) is 0.692. The molecule has 0 radical (unpaired) electrons. The average Bonchev–Trinajstić information content (AvgIpc) is 2.43. The third-order valence-electron chi connectivity index (χ3n) is 1.93. The summed E-state index contributed by atoms with van der Waals surface area (Å²) in [5, 5.41) is 4.97. The van der Waals surface area contributed by atoms with Gasteiger partial charge in [-0.15, -0.1) is 0 Å². The highest BCUT2D eigenvalue weighted by molar-refractivity contribution is 6.05. The van der Waals surface area contributed by atoms with Gasteiger partial charge in [-0.1, -0.05) is 6.07 Å². The van der Waals surface area contributed by atoms with E-state index < -0.39 is 5.91 Å². The van der Waals surface area contributed by atoms with Gasteiger partial charge in [0.2, 0.25) is 5.91 Å². The van der Waals surface area contributed by atoms with Gasteiger partial charge in [-0.2, -0.15) is 5.10 Å². The van der Waals surface area contributed by atoms with Crippen molar-refractivity contribution < 1.29 is 4.79 Å². The van der Waals surface area contributed by atoms with E-state index >= 15 is 0 Å². The number of rotatable bonds is 1. The van der Waals surface area contributed by atoms with Crippen LogP contribution in [-0.4, -0.2) is 15.7 Å². The van der Waals surface area contributed by atoms with Crippen molar-refractivity contribution in [2.45, 2.75) is 0 Å². The van der Waals surface area contributed by atoms with Crippen LogP contribution < -0.4 is 5.73 Å². The van der Waals surface area contributed by atoms with Crippen molar-refractivity contribution >= 4 is 16.8 Å². The fraction of sp³-hybridized carbons (Fsp3) is 0.111. The lowest BCUT2D eigenvalue weighted by molar-refractivity contribution is 0.100. The van der Waals surface area contributed by atoms with Crippen LogP contribution in [0.25, 0.3) is 10.9 Å². The Balaban J connectivity index is 2.82. The lowest BCUT2D eigenvalue weighted by Gasteiger charge is -1.94. The maximum Gasteiger partial charge on any atom is 0.249 e. The maximum atomic E-state index is 11.0. The van der Waals surface area contributed by atoms with Crippen LogP contribution in [0, 0.1) is 0 Å². The minimum Gasteiger partial charge on any atom is -0.366 e. The van der Waals surface area contributed by atoms with Gasteiger partial charge in [0.05, 0.1) is 11.1 Å². The van der Waals surface area contributed by atoms with Crippen molar-refractivity contribution in [1.82, 2.24) is 9.78 Å². The van der Waals surface area contributed by atoms with Crippen LogP contribution in [0.5, 0.6) is 0 Å². The van der Waals surface area contributed by atoms with Crippen LogP contribution in [0.2, 0.25) is 0 Å². The normalized spacial score (nSPS) is 10.5. The Morgan fingerprint density at radius 3 is 3.00 bits per heavy atom. The lowest BCUT2D eigenvalue weighted by atomic mass is 10.1. The Morgan fingerprint density at radius 1 is 1.54 bits per heavy atom. The second-order valence-corrected chi connectivity index (χ2v) is 2.91. The van der Waals surface area contributed by atoms with Crippen molar-refractivity contribution in [3.05, 3.63) is 30.0 Å². The van der Waals surface area contributed by atoms with E-state index in [1.165, 1.54) is 0 Å². The first-order chi connectivity index (χ1) is 6.18. The van der Waals surface area contributed by atoms with Gasteiger partial charge in [0.25, 0.3) is 0 Å². The number of nitrogens with zero attached hydrogens (tertiary/aromatic N) is 2. The Labute approximate surface area is 75.0 Å². The summed E-state index contributed by atoms with van der Waals surface area (Å²) in [6.07, 6.45) is 1.79. The van der Waals surface area contributed by atoms with Crippen molar-refractivity contribution in [2.75, 3.05) is 0 Å². The second kappa shape index (κ2) is 2.58. The summed E-state index contributed by atoms with van der Waals surface area (Å²) in [4.78, 5) is 11.0. The number of benzene rings is 1. The van der Waals surface area contributed by atoms with E-state index in [0.717, 1.165) is 10.9 Å². The van der Waals surface area contributed by atoms with E-state index in [-0.39, 0.29) is 0 Å². The number of hydrogen-bond acceptors (Lipinski definition) is 2. The van der Waals surface area contributed by atoms with Crippen molar-refractivity contribution in [3.8, 4) is 0 Å². The van der Waals surface area contributed by atoms with Crippen LogP contribution in [0.15, 0.2) is 24.4 Å². The third kappa shape index (κ3) is 1.16. The maximum absolute atomic E-state index is 11.0. The van der Waals surface area contributed by atoms with Crippen LogP contribution in [-0.2, 0) is 7.05 Å². The molecule has 4 nitrogen and oxygen atoms in total. The first-order valence-electron chi connectivity index (χ1n) is 3.90. The van der Waals surface area contributed by atoms with E-state index in [0.29, 0.717) is 5.56 Å². The van der Waals surface area contributed by atoms with E-state index in [4.69, 9.17) is 5.73 Å². The molecule has 66 valence electrons. The topological polar surface area (TPSA) is 60.9 Å². The summed E-state index contributed by atoms with van der Waals surface area (Å²) >= 11 is 0. The van der Waals surface area contributed by atoms with E-state index in [1.807, 2.05) is 13.1 Å². The zero-order chi connectivity index (χ0) is 9.42. The van der Waals surface area contributed by atoms with Crippen molar-refractivity contribution in [1.29, 1.82) is 0 Å². The molecule has 2 N–H and O–H groups in total. The van der Waals surface area contributed by atoms with Crippen LogP contribution >= 0.6 is 0 Å². The summed E-state index contributed by atoms with van der Waals surface area (Å²) in [6, 6.07) is 5.32. The molecule has 0 aliphatic heterocycles. The van der Waals surface area contributed by atoms with Gasteiger partial charge in [-0.3, -0.25) is 9.48 Å².